The van der Waals surface area contributed by atoms with E-state index in [4.69, 9.17) is 9.73 Å². The lowest BCUT2D eigenvalue weighted by molar-refractivity contribution is 0.197. The van der Waals surface area contributed by atoms with E-state index >= 15 is 0 Å². The Morgan fingerprint density at radius 3 is 2.26 bits per heavy atom. The molecule has 0 radical (unpaired) electrons. The molecule has 0 atom stereocenters. The molecule has 0 unspecified atom stereocenters. The molecule has 0 aliphatic heterocycles. The fraction of sp³-hybridized carbons (Fsp3) is 0.423. The van der Waals surface area contributed by atoms with Gasteiger partial charge in [0, 0.05) is 52.2 Å². The van der Waals surface area contributed by atoms with Gasteiger partial charge >= 0.3 is 0 Å². The number of guanidine groups is 1. The third-order valence-electron chi connectivity index (χ3n) is 5.56. The molecular formula is C26H37IN6O. The smallest absolute Gasteiger partial charge is 0.191 e. The van der Waals surface area contributed by atoms with Gasteiger partial charge in [-0.25, -0.2) is 0 Å². The number of nitrogens with one attached hydrogen (secondary N) is 2. The van der Waals surface area contributed by atoms with Crippen molar-refractivity contribution >= 4 is 29.9 Å². The molecule has 0 bridgehead atoms. The van der Waals surface area contributed by atoms with E-state index < -0.39 is 0 Å². The Balaban J connectivity index is 0.00000408. The number of aryl methyl sites for hydroxylation is 1. The summed E-state index contributed by atoms with van der Waals surface area (Å²) in [5.74, 6) is 2.16. The van der Waals surface area contributed by atoms with Gasteiger partial charge in [-0.1, -0.05) is 67.6 Å². The van der Waals surface area contributed by atoms with E-state index in [-0.39, 0.29) is 24.0 Å². The summed E-state index contributed by atoms with van der Waals surface area (Å²) in [4.78, 5) is 4.74. The predicted molar refractivity (Wildman–Crippen MR) is 149 cm³/mol. The second-order valence-electron chi connectivity index (χ2n) is 7.89. The van der Waals surface area contributed by atoms with Crippen molar-refractivity contribution in [3.05, 3.63) is 83.9 Å². The van der Waals surface area contributed by atoms with Crippen LogP contribution in [0.4, 0.5) is 0 Å². The van der Waals surface area contributed by atoms with Crippen molar-refractivity contribution in [1.29, 1.82) is 0 Å². The van der Waals surface area contributed by atoms with Crippen LogP contribution in [0.2, 0.25) is 0 Å². The van der Waals surface area contributed by atoms with Gasteiger partial charge in [0.05, 0.1) is 0 Å². The van der Waals surface area contributed by atoms with Gasteiger partial charge in [0.15, 0.2) is 5.96 Å². The molecule has 34 heavy (non-hydrogen) atoms. The van der Waals surface area contributed by atoms with Gasteiger partial charge in [0.2, 0.25) is 0 Å². The molecule has 3 rings (SSSR count). The highest BCUT2D eigenvalue weighted by atomic mass is 127. The van der Waals surface area contributed by atoms with Gasteiger partial charge in [0.25, 0.3) is 0 Å². The molecule has 0 aliphatic carbocycles. The zero-order chi connectivity index (χ0) is 23.1. The number of benzene rings is 2. The largest absolute Gasteiger partial charge is 0.385 e. The maximum absolute atomic E-state index is 5.16. The van der Waals surface area contributed by atoms with Crippen LogP contribution in [0, 0.1) is 0 Å². The van der Waals surface area contributed by atoms with Crippen LogP contribution in [0.25, 0.3) is 0 Å². The number of aliphatic imine (C=N–C) groups is 1. The Kier molecular flexibility index (Phi) is 13.2. The summed E-state index contributed by atoms with van der Waals surface area (Å²) < 4.78 is 7.24. The number of methoxy groups -OCH3 is 1. The fourth-order valence-corrected chi connectivity index (χ4v) is 3.84. The first-order valence-electron chi connectivity index (χ1n) is 11.8. The summed E-state index contributed by atoms with van der Waals surface area (Å²) in [7, 11) is 1.72. The summed E-state index contributed by atoms with van der Waals surface area (Å²) in [6.45, 7) is 5.89. The van der Waals surface area contributed by atoms with Gasteiger partial charge in [-0.05, 0) is 24.0 Å². The van der Waals surface area contributed by atoms with Crippen LogP contribution in [0.15, 0.2) is 72.0 Å². The number of halogens is 1. The summed E-state index contributed by atoms with van der Waals surface area (Å²) in [6, 6.07) is 21.4. The van der Waals surface area contributed by atoms with Crippen LogP contribution < -0.4 is 10.6 Å². The van der Waals surface area contributed by atoms with Crippen molar-refractivity contribution in [2.75, 3.05) is 33.4 Å². The summed E-state index contributed by atoms with van der Waals surface area (Å²) in [6.07, 6.45) is 4.52. The van der Waals surface area contributed by atoms with E-state index in [2.05, 4.69) is 93.0 Å². The highest BCUT2D eigenvalue weighted by molar-refractivity contribution is 14.0. The molecule has 2 N–H and O–H groups in total. The van der Waals surface area contributed by atoms with E-state index in [1.165, 1.54) is 11.1 Å². The number of rotatable bonds is 13. The van der Waals surface area contributed by atoms with E-state index in [0.29, 0.717) is 12.5 Å². The van der Waals surface area contributed by atoms with Crippen LogP contribution in [-0.2, 0) is 17.7 Å². The lowest BCUT2D eigenvalue weighted by Crippen LogP contribution is -2.40. The first kappa shape index (κ1) is 27.8. The second kappa shape index (κ2) is 16.2. The minimum atomic E-state index is 0. The highest BCUT2D eigenvalue weighted by Crippen LogP contribution is 2.27. The van der Waals surface area contributed by atoms with Gasteiger partial charge in [-0.3, -0.25) is 4.99 Å². The number of ether oxygens (including phenoxy) is 1. The minimum Gasteiger partial charge on any atom is -0.385 e. The third-order valence-corrected chi connectivity index (χ3v) is 5.56. The van der Waals surface area contributed by atoms with Crippen LogP contribution in [-0.4, -0.2) is 54.1 Å². The summed E-state index contributed by atoms with van der Waals surface area (Å²) in [5, 5.41) is 15.2. The number of nitrogens with zero attached hydrogens (tertiary/aromatic N) is 4. The number of hydrogen-bond donors (Lipinski definition) is 2. The van der Waals surface area contributed by atoms with Crippen LogP contribution in [0.3, 0.4) is 0 Å². The van der Waals surface area contributed by atoms with E-state index in [1.54, 1.807) is 13.4 Å². The summed E-state index contributed by atoms with van der Waals surface area (Å²) in [5.41, 5.74) is 2.66. The summed E-state index contributed by atoms with van der Waals surface area (Å²) >= 11 is 0. The monoisotopic (exact) mass is 576 g/mol. The molecule has 8 heteroatoms. The first-order chi connectivity index (χ1) is 16.3. The number of hydrogen-bond acceptors (Lipinski definition) is 4. The number of aromatic nitrogens is 3. The molecule has 0 spiro atoms. The Labute approximate surface area is 220 Å². The molecule has 0 saturated carbocycles. The molecule has 3 aromatic rings. The standard InChI is InChI=1S/C26H36N6O.HI/c1-3-25-31-30-21-32(25)19-18-29-26(27-16-10-20-33-2)28-17-15-24(22-11-6-4-7-12-22)23-13-8-5-9-14-23;/h4-9,11-14,21,24H,3,10,15-20H2,1-2H3,(H2,27,28,29);1H. The van der Waals surface area contributed by atoms with Crippen LogP contribution in [0.1, 0.15) is 42.6 Å². The minimum absolute atomic E-state index is 0. The lowest BCUT2D eigenvalue weighted by atomic mass is 9.88. The Morgan fingerprint density at radius 1 is 1.00 bits per heavy atom. The van der Waals surface area contributed by atoms with Gasteiger partial charge in [-0.2, -0.15) is 0 Å². The maximum Gasteiger partial charge on any atom is 0.191 e. The molecule has 0 saturated heterocycles. The fourth-order valence-electron chi connectivity index (χ4n) is 3.84. The normalized spacial score (nSPS) is 11.3. The van der Waals surface area contributed by atoms with E-state index in [0.717, 1.165) is 57.2 Å². The van der Waals surface area contributed by atoms with Gasteiger partial charge < -0.3 is 19.9 Å². The zero-order valence-corrected chi connectivity index (χ0v) is 22.5. The van der Waals surface area contributed by atoms with Crippen LogP contribution >= 0.6 is 24.0 Å². The van der Waals surface area contributed by atoms with Crippen molar-refractivity contribution in [2.24, 2.45) is 4.99 Å². The average Bonchev–Trinajstić information content (AvgIpc) is 3.32. The molecule has 0 fully saturated rings. The van der Waals surface area contributed by atoms with Gasteiger partial charge in [-0.15, -0.1) is 34.2 Å². The zero-order valence-electron chi connectivity index (χ0n) is 20.2. The highest BCUT2D eigenvalue weighted by Gasteiger charge is 2.14. The lowest BCUT2D eigenvalue weighted by Gasteiger charge is -2.20. The Hall–Kier alpha value is -2.46. The molecule has 2 aromatic carbocycles. The Bertz CT molecular complexity index is 909. The first-order valence-corrected chi connectivity index (χ1v) is 11.8. The second-order valence-corrected chi connectivity index (χ2v) is 7.89. The van der Waals surface area contributed by atoms with Crippen molar-refractivity contribution in [1.82, 2.24) is 25.4 Å². The molecule has 0 amide bonds. The molecule has 1 aromatic heterocycles. The maximum atomic E-state index is 5.16. The van der Waals surface area contributed by atoms with Crippen molar-refractivity contribution in [3.63, 3.8) is 0 Å². The van der Waals surface area contributed by atoms with Crippen molar-refractivity contribution in [3.8, 4) is 0 Å². The van der Waals surface area contributed by atoms with E-state index in [9.17, 15) is 0 Å². The molecular weight excluding hydrogens is 539 g/mol. The Morgan fingerprint density at radius 2 is 1.65 bits per heavy atom. The SMILES string of the molecule is CCc1nncn1CCNC(=NCCCOC)NCCC(c1ccccc1)c1ccccc1.I. The third kappa shape index (κ3) is 9.06. The topological polar surface area (TPSA) is 76.4 Å². The van der Waals surface area contributed by atoms with Gasteiger partial charge in [0.1, 0.15) is 12.2 Å². The average molecular weight is 577 g/mol. The predicted octanol–water partition coefficient (Wildman–Crippen LogP) is 4.25. The van der Waals surface area contributed by atoms with Crippen LogP contribution in [0.5, 0.6) is 0 Å². The molecule has 0 aliphatic rings. The molecule has 7 nitrogen and oxygen atoms in total. The molecule has 1 heterocycles. The van der Waals surface area contributed by atoms with Crippen molar-refractivity contribution < 1.29 is 4.74 Å². The van der Waals surface area contributed by atoms with Crippen molar-refractivity contribution in [2.45, 2.75) is 38.6 Å². The van der Waals surface area contributed by atoms with E-state index in [1.807, 2.05) is 0 Å². The molecule has 184 valence electrons. The quantitative estimate of drug-likeness (QED) is 0.138.